The zero-order valence-corrected chi connectivity index (χ0v) is 20.6. The van der Waals surface area contributed by atoms with E-state index in [9.17, 15) is 13.2 Å². The summed E-state index contributed by atoms with van der Waals surface area (Å²) in [6.45, 7) is 5.90. The van der Waals surface area contributed by atoms with E-state index < -0.39 is 10.0 Å². The van der Waals surface area contributed by atoms with Crippen molar-refractivity contribution in [3.05, 3.63) is 42.1 Å². The van der Waals surface area contributed by atoms with Gasteiger partial charge in [-0.15, -0.1) is 10.2 Å². The molecule has 0 saturated carbocycles. The number of hydrogen-bond donors (Lipinski definition) is 0. The fourth-order valence-corrected chi connectivity index (χ4v) is 6.25. The quantitative estimate of drug-likeness (QED) is 0.633. The zero-order chi connectivity index (χ0) is 23.8. The SMILES string of the molecule is CC(C)c1nnc(C2CC3(CCN(S(=O)(=O)c4ccccc4)CC3)CN2CC(=O)N(C)C)o1. The molecule has 0 radical (unpaired) electrons. The van der Waals surface area contributed by atoms with Crippen molar-refractivity contribution in [1.82, 2.24) is 24.3 Å². The van der Waals surface area contributed by atoms with Crippen LogP contribution in [0.1, 0.15) is 56.9 Å². The van der Waals surface area contributed by atoms with E-state index in [1.807, 2.05) is 19.9 Å². The van der Waals surface area contributed by atoms with E-state index in [1.165, 1.54) is 0 Å². The fourth-order valence-electron chi connectivity index (χ4n) is 4.79. The Morgan fingerprint density at radius 1 is 1.18 bits per heavy atom. The van der Waals surface area contributed by atoms with Crippen LogP contribution in [-0.4, -0.2) is 78.9 Å². The van der Waals surface area contributed by atoms with Gasteiger partial charge in [-0.2, -0.15) is 4.31 Å². The van der Waals surface area contributed by atoms with Crippen LogP contribution in [0.5, 0.6) is 0 Å². The van der Waals surface area contributed by atoms with Crippen LogP contribution in [0.3, 0.4) is 0 Å². The summed E-state index contributed by atoms with van der Waals surface area (Å²) in [7, 11) is -0.00647. The lowest BCUT2D eigenvalue weighted by Crippen LogP contribution is -2.44. The van der Waals surface area contributed by atoms with Crippen LogP contribution in [0, 0.1) is 5.41 Å². The van der Waals surface area contributed by atoms with Gasteiger partial charge in [-0.3, -0.25) is 9.69 Å². The summed E-state index contributed by atoms with van der Waals surface area (Å²) < 4.78 is 33.7. The molecule has 3 heterocycles. The van der Waals surface area contributed by atoms with Crippen LogP contribution in [0.15, 0.2) is 39.6 Å². The van der Waals surface area contributed by atoms with Crippen LogP contribution in [-0.2, 0) is 14.8 Å². The molecule has 180 valence electrons. The highest BCUT2D eigenvalue weighted by Crippen LogP contribution is 2.49. The first-order valence-corrected chi connectivity index (χ1v) is 12.9. The Labute approximate surface area is 195 Å². The zero-order valence-electron chi connectivity index (χ0n) is 19.8. The lowest BCUT2D eigenvalue weighted by molar-refractivity contribution is -0.130. The number of likely N-dealkylation sites (N-methyl/N-ethyl adjacent to an activating group) is 1. The molecular formula is C23H33N5O4S. The van der Waals surface area contributed by atoms with Crippen LogP contribution in [0.4, 0.5) is 0 Å². The lowest BCUT2D eigenvalue weighted by Gasteiger charge is -2.38. The predicted molar refractivity (Wildman–Crippen MR) is 123 cm³/mol. The van der Waals surface area contributed by atoms with Gasteiger partial charge in [0.1, 0.15) is 0 Å². The number of nitrogens with zero attached hydrogens (tertiary/aromatic N) is 5. The van der Waals surface area contributed by atoms with Crippen molar-refractivity contribution < 1.29 is 17.6 Å². The van der Waals surface area contributed by atoms with Crippen molar-refractivity contribution in [2.45, 2.75) is 50.0 Å². The summed E-state index contributed by atoms with van der Waals surface area (Å²) in [6.07, 6.45) is 2.23. The first-order chi connectivity index (χ1) is 15.6. The van der Waals surface area contributed by atoms with Crippen molar-refractivity contribution in [1.29, 1.82) is 0 Å². The molecule has 1 spiro atoms. The second kappa shape index (κ2) is 9.15. The van der Waals surface area contributed by atoms with E-state index in [-0.39, 0.29) is 29.8 Å². The number of likely N-dealkylation sites (tertiary alicyclic amines) is 1. The molecule has 2 aliphatic heterocycles. The summed E-state index contributed by atoms with van der Waals surface area (Å²) >= 11 is 0. The molecule has 2 aliphatic rings. The van der Waals surface area contributed by atoms with Gasteiger partial charge in [0.2, 0.25) is 27.7 Å². The summed E-state index contributed by atoms with van der Waals surface area (Å²) in [5.74, 6) is 1.28. The number of piperidine rings is 1. The third-order valence-corrected chi connectivity index (χ3v) is 8.75. The van der Waals surface area contributed by atoms with Gasteiger partial charge >= 0.3 is 0 Å². The fraction of sp³-hybridized carbons (Fsp3) is 0.609. The summed E-state index contributed by atoms with van der Waals surface area (Å²) in [4.78, 5) is 16.6. The van der Waals surface area contributed by atoms with E-state index in [0.29, 0.717) is 36.3 Å². The Morgan fingerprint density at radius 3 is 2.42 bits per heavy atom. The van der Waals surface area contributed by atoms with Crippen LogP contribution >= 0.6 is 0 Å². The molecule has 2 fully saturated rings. The van der Waals surface area contributed by atoms with Crippen molar-refractivity contribution in [2.75, 3.05) is 40.3 Å². The first-order valence-electron chi connectivity index (χ1n) is 11.4. The molecule has 0 N–H and O–H groups in total. The Balaban J connectivity index is 1.53. The van der Waals surface area contributed by atoms with Gasteiger partial charge in [0.15, 0.2) is 0 Å². The highest BCUT2D eigenvalue weighted by Gasteiger charge is 2.49. The Morgan fingerprint density at radius 2 is 1.85 bits per heavy atom. The highest BCUT2D eigenvalue weighted by atomic mass is 32.2. The number of carbonyl (C=O) groups is 1. The van der Waals surface area contributed by atoms with Gasteiger partial charge in [0, 0.05) is 39.6 Å². The van der Waals surface area contributed by atoms with Crippen molar-refractivity contribution >= 4 is 15.9 Å². The number of sulfonamides is 1. The number of benzene rings is 1. The Kier molecular flexibility index (Phi) is 6.61. The number of rotatable bonds is 6. The monoisotopic (exact) mass is 475 g/mol. The largest absolute Gasteiger partial charge is 0.423 e. The molecule has 1 atom stereocenters. The molecule has 4 rings (SSSR count). The molecule has 1 amide bonds. The normalized spacial score (nSPS) is 21.7. The van der Waals surface area contributed by atoms with E-state index in [1.54, 1.807) is 47.6 Å². The molecule has 0 aliphatic carbocycles. The van der Waals surface area contributed by atoms with Crippen LogP contribution in [0.25, 0.3) is 0 Å². The van der Waals surface area contributed by atoms with Gasteiger partial charge in [-0.05, 0) is 36.8 Å². The Bertz CT molecular complexity index is 1080. The summed E-state index contributed by atoms with van der Waals surface area (Å²) in [6, 6.07) is 8.44. The number of carbonyl (C=O) groups excluding carboxylic acids is 1. The molecule has 2 aromatic rings. The maximum atomic E-state index is 13.1. The van der Waals surface area contributed by atoms with Gasteiger partial charge in [0.05, 0.1) is 17.5 Å². The maximum Gasteiger partial charge on any atom is 0.243 e. The molecule has 1 aromatic carbocycles. The minimum Gasteiger partial charge on any atom is -0.423 e. The van der Waals surface area contributed by atoms with Gasteiger partial charge in [0.25, 0.3) is 0 Å². The first kappa shape index (κ1) is 23.8. The average molecular weight is 476 g/mol. The number of hydrogen-bond acceptors (Lipinski definition) is 7. The third-order valence-electron chi connectivity index (χ3n) is 6.84. The second-order valence-electron chi connectivity index (χ2n) is 9.76. The predicted octanol–water partition coefficient (Wildman–Crippen LogP) is 2.50. The van der Waals surface area contributed by atoms with E-state index in [0.717, 1.165) is 19.3 Å². The van der Waals surface area contributed by atoms with E-state index in [2.05, 4.69) is 15.1 Å². The lowest BCUT2D eigenvalue weighted by atomic mass is 9.77. The van der Waals surface area contributed by atoms with Crippen LogP contribution in [0.2, 0.25) is 0 Å². The topological polar surface area (TPSA) is 99.8 Å². The molecule has 1 unspecified atom stereocenters. The molecule has 9 nitrogen and oxygen atoms in total. The molecule has 33 heavy (non-hydrogen) atoms. The van der Waals surface area contributed by atoms with Gasteiger partial charge < -0.3 is 9.32 Å². The van der Waals surface area contributed by atoms with Crippen molar-refractivity contribution in [3.63, 3.8) is 0 Å². The molecule has 1 aromatic heterocycles. The minimum atomic E-state index is -3.51. The summed E-state index contributed by atoms with van der Waals surface area (Å²) in [5, 5.41) is 8.50. The van der Waals surface area contributed by atoms with Gasteiger partial charge in [-0.1, -0.05) is 32.0 Å². The summed E-state index contributed by atoms with van der Waals surface area (Å²) in [5.41, 5.74) is -0.0908. The minimum absolute atomic E-state index is 0.0183. The van der Waals surface area contributed by atoms with Crippen molar-refractivity contribution in [2.24, 2.45) is 5.41 Å². The third kappa shape index (κ3) is 4.83. The van der Waals surface area contributed by atoms with Gasteiger partial charge in [-0.25, -0.2) is 8.42 Å². The standard InChI is InChI=1S/C23H33N5O4S/c1-17(2)21-24-25-22(32-21)19-14-23(16-27(19)15-20(29)26(3)4)10-12-28(13-11-23)33(30,31)18-8-6-5-7-9-18/h5-9,17,19H,10-16H2,1-4H3. The van der Waals surface area contributed by atoms with Crippen molar-refractivity contribution in [3.8, 4) is 0 Å². The Hall–Kier alpha value is -2.30. The van der Waals surface area contributed by atoms with E-state index >= 15 is 0 Å². The van der Waals surface area contributed by atoms with E-state index in [4.69, 9.17) is 4.42 Å². The molecule has 0 bridgehead atoms. The van der Waals surface area contributed by atoms with Crippen LogP contribution < -0.4 is 0 Å². The number of amides is 1. The second-order valence-corrected chi connectivity index (χ2v) is 11.7. The maximum absolute atomic E-state index is 13.1. The average Bonchev–Trinajstić information content (AvgIpc) is 3.40. The molecule has 2 saturated heterocycles. The molecule has 10 heteroatoms. The molecular weight excluding hydrogens is 442 g/mol. The highest BCUT2D eigenvalue weighted by molar-refractivity contribution is 7.89. The smallest absolute Gasteiger partial charge is 0.243 e. The number of aromatic nitrogens is 2.